The fourth-order valence-electron chi connectivity index (χ4n) is 1.19. The van der Waals surface area contributed by atoms with Crippen molar-refractivity contribution in [3.63, 3.8) is 0 Å². The van der Waals surface area contributed by atoms with E-state index >= 15 is 0 Å². The number of furan rings is 1. The fourth-order valence-corrected chi connectivity index (χ4v) is 1.19. The Labute approximate surface area is 78.9 Å². The maximum atomic E-state index is 5.86. The number of rotatable bonds is 5. The number of hydrogen-bond acceptors (Lipinski definition) is 3. The SMILES string of the molecule is CCCOCC(N)c1occc1C. The molecular formula is C10H17NO2. The molecule has 0 aliphatic rings. The zero-order valence-electron chi connectivity index (χ0n) is 8.25. The van der Waals surface area contributed by atoms with Crippen LogP contribution in [-0.4, -0.2) is 13.2 Å². The summed E-state index contributed by atoms with van der Waals surface area (Å²) in [6, 6.07) is 1.77. The standard InChI is InChI=1S/C10H17NO2/c1-3-5-12-7-9(11)10-8(2)4-6-13-10/h4,6,9H,3,5,7,11H2,1-2H3. The highest BCUT2D eigenvalue weighted by atomic mass is 16.5. The van der Waals surface area contributed by atoms with Crippen molar-refractivity contribution in [1.82, 2.24) is 0 Å². The van der Waals surface area contributed by atoms with E-state index in [1.807, 2.05) is 13.0 Å². The van der Waals surface area contributed by atoms with E-state index in [9.17, 15) is 0 Å². The van der Waals surface area contributed by atoms with Crippen molar-refractivity contribution in [3.8, 4) is 0 Å². The van der Waals surface area contributed by atoms with Crippen molar-refractivity contribution < 1.29 is 9.15 Å². The molecule has 0 aliphatic heterocycles. The smallest absolute Gasteiger partial charge is 0.125 e. The Morgan fingerprint density at radius 2 is 2.38 bits per heavy atom. The maximum Gasteiger partial charge on any atom is 0.125 e. The molecule has 1 aromatic heterocycles. The van der Waals surface area contributed by atoms with Gasteiger partial charge >= 0.3 is 0 Å². The van der Waals surface area contributed by atoms with Crippen LogP contribution in [0.1, 0.15) is 30.7 Å². The second-order valence-corrected chi connectivity index (χ2v) is 3.15. The highest BCUT2D eigenvalue weighted by molar-refractivity contribution is 5.17. The number of aryl methyl sites for hydroxylation is 1. The van der Waals surface area contributed by atoms with E-state index in [1.54, 1.807) is 6.26 Å². The first kappa shape index (κ1) is 10.3. The molecule has 0 bridgehead atoms. The van der Waals surface area contributed by atoms with Gasteiger partial charge in [0.25, 0.3) is 0 Å². The molecule has 0 spiro atoms. The number of ether oxygens (including phenoxy) is 1. The first-order valence-corrected chi connectivity index (χ1v) is 4.63. The molecule has 3 nitrogen and oxygen atoms in total. The van der Waals surface area contributed by atoms with Gasteiger partial charge in [-0.05, 0) is 25.0 Å². The lowest BCUT2D eigenvalue weighted by Gasteiger charge is -2.09. The topological polar surface area (TPSA) is 48.4 Å². The molecule has 0 aliphatic carbocycles. The van der Waals surface area contributed by atoms with Gasteiger partial charge in [-0.1, -0.05) is 6.92 Å². The molecule has 1 atom stereocenters. The lowest BCUT2D eigenvalue weighted by atomic mass is 10.2. The summed E-state index contributed by atoms with van der Waals surface area (Å²) in [5.41, 5.74) is 6.95. The van der Waals surface area contributed by atoms with Gasteiger partial charge in [-0.15, -0.1) is 0 Å². The number of hydrogen-bond donors (Lipinski definition) is 1. The Kier molecular flexibility index (Phi) is 3.99. The second-order valence-electron chi connectivity index (χ2n) is 3.15. The van der Waals surface area contributed by atoms with Crippen molar-refractivity contribution in [2.45, 2.75) is 26.3 Å². The van der Waals surface area contributed by atoms with Crippen LogP contribution in [0.25, 0.3) is 0 Å². The Hall–Kier alpha value is -0.800. The third-order valence-corrected chi connectivity index (χ3v) is 1.88. The molecular weight excluding hydrogens is 166 g/mol. The van der Waals surface area contributed by atoms with Crippen LogP contribution < -0.4 is 5.73 Å². The molecule has 13 heavy (non-hydrogen) atoms. The minimum Gasteiger partial charge on any atom is -0.467 e. The van der Waals surface area contributed by atoms with Gasteiger partial charge in [-0.2, -0.15) is 0 Å². The lowest BCUT2D eigenvalue weighted by molar-refractivity contribution is 0.116. The van der Waals surface area contributed by atoms with Gasteiger partial charge in [0, 0.05) is 6.61 Å². The molecule has 1 heterocycles. The Bertz CT molecular complexity index is 245. The Morgan fingerprint density at radius 3 is 2.92 bits per heavy atom. The van der Waals surface area contributed by atoms with Crippen LogP contribution in [0.15, 0.2) is 16.7 Å². The first-order valence-electron chi connectivity index (χ1n) is 4.63. The van der Waals surface area contributed by atoms with E-state index in [0.29, 0.717) is 6.61 Å². The molecule has 74 valence electrons. The molecule has 0 saturated heterocycles. The summed E-state index contributed by atoms with van der Waals surface area (Å²) in [6.45, 7) is 5.35. The van der Waals surface area contributed by atoms with Crippen LogP contribution in [0.5, 0.6) is 0 Å². The van der Waals surface area contributed by atoms with Crippen LogP contribution in [-0.2, 0) is 4.74 Å². The molecule has 0 saturated carbocycles. The third kappa shape index (κ3) is 2.86. The van der Waals surface area contributed by atoms with E-state index < -0.39 is 0 Å². The lowest BCUT2D eigenvalue weighted by Crippen LogP contribution is -2.17. The van der Waals surface area contributed by atoms with Gasteiger partial charge in [-0.3, -0.25) is 0 Å². The molecule has 1 rings (SSSR count). The monoisotopic (exact) mass is 183 g/mol. The summed E-state index contributed by atoms with van der Waals surface area (Å²) in [5.74, 6) is 0.830. The normalized spacial score (nSPS) is 13.2. The first-order chi connectivity index (χ1) is 6.25. The fraction of sp³-hybridized carbons (Fsp3) is 0.600. The summed E-state index contributed by atoms with van der Waals surface area (Å²) in [4.78, 5) is 0. The zero-order valence-corrected chi connectivity index (χ0v) is 8.25. The van der Waals surface area contributed by atoms with Crippen molar-refractivity contribution >= 4 is 0 Å². The van der Waals surface area contributed by atoms with E-state index in [2.05, 4.69) is 6.92 Å². The summed E-state index contributed by atoms with van der Waals surface area (Å²) in [5, 5.41) is 0. The van der Waals surface area contributed by atoms with Crippen molar-refractivity contribution in [3.05, 3.63) is 23.7 Å². The quantitative estimate of drug-likeness (QED) is 0.710. The summed E-state index contributed by atoms with van der Waals surface area (Å²) in [7, 11) is 0. The van der Waals surface area contributed by atoms with E-state index in [4.69, 9.17) is 14.9 Å². The maximum absolute atomic E-state index is 5.86. The van der Waals surface area contributed by atoms with E-state index in [-0.39, 0.29) is 6.04 Å². The largest absolute Gasteiger partial charge is 0.467 e. The van der Waals surface area contributed by atoms with Crippen molar-refractivity contribution in [2.24, 2.45) is 5.73 Å². The van der Waals surface area contributed by atoms with Gasteiger partial charge in [0.05, 0.1) is 18.9 Å². The zero-order chi connectivity index (χ0) is 9.68. The average molecular weight is 183 g/mol. The highest BCUT2D eigenvalue weighted by Crippen LogP contribution is 2.16. The average Bonchev–Trinajstić information content (AvgIpc) is 2.52. The Balaban J connectivity index is 2.39. The predicted octanol–water partition coefficient (Wildman–Crippen LogP) is 2.01. The van der Waals surface area contributed by atoms with Gasteiger partial charge < -0.3 is 14.9 Å². The Morgan fingerprint density at radius 1 is 1.62 bits per heavy atom. The molecule has 3 heteroatoms. The summed E-state index contributed by atoms with van der Waals surface area (Å²) < 4.78 is 10.6. The van der Waals surface area contributed by atoms with Gasteiger partial charge in [-0.25, -0.2) is 0 Å². The predicted molar refractivity (Wildman–Crippen MR) is 51.5 cm³/mol. The molecule has 1 aromatic rings. The van der Waals surface area contributed by atoms with Crippen LogP contribution in [0, 0.1) is 6.92 Å². The molecule has 0 aromatic carbocycles. The van der Waals surface area contributed by atoms with Crippen LogP contribution in [0.2, 0.25) is 0 Å². The van der Waals surface area contributed by atoms with E-state index in [0.717, 1.165) is 24.4 Å². The highest BCUT2D eigenvalue weighted by Gasteiger charge is 2.11. The van der Waals surface area contributed by atoms with Gasteiger partial charge in [0.15, 0.2) is 0 Å². The van der Waals surface area contributed by atoms with Crippen molar-refractivity contribution in [2.75, 3.05) is 13.2 Å². The van der Waals surface area contributed by atoms with Crippen molar-refractivity contribution in [1.29, 1.82) is 0 Å². The molecule has 0 radical (unpaired) electrons. The van der Waals surface area contributed by atoms with Gasteiger partial charge in [0.1, 0.15) is 5.76 Å². The second kappa shape index (κ2) is 5.04. The van der Waals surface area contributed by atoms with Crippen LogP contribution in [0.4, 0.5) is 0 Å². The molecule has 2 N–H and O–H groups in total. The number of nitrogens with two attached hydrogens (primary N) is 1. The minimum absolute atomic E-state index is 0.137. The molecule has 1 unspecified atom stereocenters. The summed E-state index contributed by atoms with van der Waals surface area (Å²) in [6.07, 6.45) is 2.67. The molecule has 0 amide bonds. The van der Waals surface area contributed by atoms with Gasteiger partial charge in [0.2, 0.25) is 0 Å². The molecule has 0 fully saturated rings. The van der Waals surface area contributed by atoms with Crippen LogP contribution in [0.3, 0.4) is 0 Å². The third-order valence-electron chi connectivity index (χ3n) is 1.88. The van der Waals surface area contributed by atoms with Crippen LogP contribution >= 0.6 is 0 Å². The minimum atomic E-state index is -0.137. The van der Waals surface area contributed by atoms with E-state index in [1.165, 1.54) is 0 Å². The summed E-state index contributed by atoms with van der Waals surface area (Å²) >= 11 is 0.